The number of rotatable bonds is 1. The van der Waals surface area contributed by atoms with Gasteiger partial charge < -0.3 is 0 Å². The summed E-state index contributed by atoms with van der Waals surface area (Å²) in [6.07, 6.45) is 1.21. The molecule has 0 unspecified atom stereocenters. The lowest BCUT2D eigenvalue weighted by Crippen LogP contribution is -1.93. The molecule has 10 heavy (non-hydrogen) atoms. The predicted molar refractivity (Wildman–Crippen MR) is 32.5 cm³/mol. The van der Waals surface area contributed by atoms with Gasteiger partial charge in [-0.05, 0) is 12.1 Å². The van der Waals surface area contributed by atoms with Gasteiger partial charge in [-0.3, -0.25) is 0 Å². The number of nitrogens with zero attached hydrogens (tertiary/aromatic N) is 1. The van der Waals surface area contributed by atoms with Gasteiger partial charge >= 0.3 is 10.2 Å². The second kappa shape index (κ2) is 2.34. The van der Waals surface area contributed by atoms with Gasteiger partial charge in [0.15, 0.2) is 5.03 Å². The Kier molecular flexibility index (Phi) is 1.67. The first-order chi connectivity index (χ1) is 4.61. The van der Waals surface area contributed by atoms with Gasteiger partial charge in [-0.1, -0.05) is 9.95 Å². The van der Waals surface area contributed by atoms with Crippen LogP contribution in [0.5, 0.6) is 0 Å². The molecule has 0 saturated carbocycles. The molecule has 0 radical (unpaired) electrons. The van der Waals surface area contributed by atoms with Crippen LogP contribution in [0.15, 0.2) is 29.4 Å². The molecule has 0 aliphatic carbocycles. The quantitative estimate of drug-likeness (QED) is 0.569. The standard InChI is InChI=1S/C5H4FNO2S/c6-10(8,9)5-3-1-2-4-7-5/h1-4H/i6-1. The fraction of sp³-hybridized carbons (Fsp3) is 0. The molecular formula is C5H4FNO2S. The molecule has 5 heteroatoms. The fourth-order valence-corrected chi connectivity index (χ4v) is 0.919. The molecule has 0 saturated heterocycles. The van der Waals surface area contributed by atoms with E-state index in [0.29, 0.717) is 0 Å². The Morgan fingerprint density at radius 2 is 2.10 bits per heavy atom. The monoisotopic (exact) mass is 160 g/mol. The molecule has 1 aromatic rings. The molecule has 0 N–H and O–H groups in total. The molecule has 0 amide bonds. The third-order valence-electron chi connectivity index (χ3n) is 0.888. The van der Waals surface area contributed by atoms with E-state index in [1.807, 2.05) is 0 Å². The summed E-state index contributed by atoms with van der Waals surface area (Å²) < 4.78 is 32.2. The van der Waals surface area contributed by atoms with Crippen LogP contribution in [-0.4, -0.2) is 13.4 Å². The summed E-state index contributed by atoms with van der Waals surface area (Å²) in [7, 11) is -4.61. The van der Waals surface area contributed by atoms with Gasteiger partial charge in [0, 0.05) is 6.20 Å². The van der Waals surface area contributed by atoms with Crippen LogP contribution in [0.4, 0.5) is 3.89 Å². The molecule has 0 aliphatic rings. The molecule has 0 aromatic carbocycles. The minimum absolute atomic E-state index is 0.546. The first-order valence-corrected chi connectivity index (χ1v) is 3.85. The highest BCUT2D eigenvalue weighted by atomic mass is 32.2. The topological polar surface area (TPSA) is 47.0 Å². The number of pyridine rings is 1. The molecule has 54 valence electrons. The Bertz CT molecular complexity index is 308. The summed E-state index contributed by atoms with van der Waals surface area (Å²) in [6, 6.07) is 4.00. The summed E-state index contributed by atoms with van der Waals surface area (Å²) in [4.78, 5) is 3.29. The number of hydrogen-bond acceptors (Lipinski definition) is 3. The molecule has 1 aromatic heterocycles. The van der Waals surface area contributed by atoms with Crippen molar-refractivity contribution in [3.05, 3.63) is 24.4 Å². The SMILES string of the molecule is O=S(=O)([18F])c1ccccn1. The van der Waals surface area contributed by atoms with E-state index in [1.54, 1.807) is 0 Å². The summed E-state index contributed by atoms with van der Waals surface area (Å²) >= 11 is 0. The number of halogens is 1. The average molecular weight is 160 g/mol. The van der Waals surface area contributed by atoms with Crippen molar-refractivity contribution in [2.75, 3.05) is 0 Å². The Morgan fingerprint density at radius 3 is 2.40 bits per heavy atom. The summed E-state index contributed by atoms with van der Waals surface area (Å²) in [6.45, 7) is 0. The van der Waals surface area contributed by atoms with Gasteiger partial charge in [0.05, 0.1) is 0 Å². The molecule has 0 atom stereocenters. The maximum Gasteiger partial charge on any atom is 0.349 e. The van der Waals surface area contributed by atoms with Crippen LogP contribution in [0.1, 0.15) is 0 Å². The van der Waals surface area contributed by atoms with Crippen LogP contribution < -0.4 is 0 Å². The van der Waals surface area contributed by atoms with Crippen molar-refractivity contribution in [2.24, 2.45) is 0 Å². The highest BCUT2D eigenvalue weighted by Gasteiger charge is 2.10. The van der Waals surface area contributed by atoms with Crippen LogP contribution in [0.3, 0.4) is 0 Å². The summed E-state index contributed by atoms with van der Waals surface area (Å²) in [5.74, 6) is 0. The lowest BCUT2D eigenvalue weighted by Gasteiger charge is -1.88. The fourth-order valence-electron chi connectivity index (χ4n) is 0.491. The molecule has 0 spiro atoms. The van der Waals surface area contributed by atoms with Gasteiger partial charge in [-0.15, -0.1) is 0 Å². The molecule has 0 aliphatic heterocycles. The molecule has 0 fully saturated rings. The second-order valence-electron chi connectivity index (χ2n) is 1.61. The number of aromatic nitrogens is 1. The largest absolute Gasteiger partial charge is 0.349 e. The lowest BCUT2D eigenvalue weighted by molar-refractivity contribution is 0.548. The van der Waals surface area contributed by atoms with E-state index in [2.05, 4.69) is 4.98 Å². The van der Waals surface area contributed by atoms with Crippen molar-refractivity contribution in [1.29, 1.82) is 0 Å². The third kappa shape index (κ3) is 1.51. The highest BCUT2D eigenvalue weighted by Crippen LogP contribution is 2.05. The van der Waals surface area contributed by atoms with E-state index in [1.165, 1.54) is 18.3 Å². The van der Waals surface area contributed by atoms with E-state index in [9.17, 15) is 12.3 Å². The zero-order valence-electron chi connectivity index (χ0n) is 4.86. The van der Waals surface area contributed by atoms with E-state index < -0.39 is 15.2 Å². The summed E-state index contributed by atoms with van der Waals surface area (Å²) in [5, 5.41) is -0.546. The summed E-state index contributed by atoms with van der Waals surface area (Å²) in [5.41, 5.74) is 0. The highest BCUT2D eigenvalue weighted by molar-refractivity contribution is 7.86. The molecular weight excluding hydrogens is 156 g/mol. The zero-order chi connectivity index (χ0) is 7.61. The lowest BCUT2D eigenvalue weighted by atomic mass is 10.5. The smallest absolute Gasteiger partial charge is 0.242 e. The van der Waals surface area contributed by atoms with Gasteiger partial charge in [0.1, 0.15) is 0 Å². The Hall–Kier alpha value is -0.970. The van der Waals surface area contributed by atoms with Crippen molar-refractivity contribution in [1.82, 2.24) is 4.98 Å². The van der Waals surface area contributed by atoms with Gasteiger partial charge in [-0.2, -0.15) is 8.42 Å². The first-order valence-electron chi connectivity index (χ1n) is 2.46. The van der Waals surface area contributed by atoms with Crippen LogP contribution in [-0.2, 0) is 10.2 Å². The minimum Gasteiger partial charge on any atom is -0.242 e. The number of hydrogen-bond donors (Lipinski definition) is 0. The van der Waals surface area contributed by atoms with Crippen molar-refractivity contribution < 1.29 is 12.3 Å². The predicted octanol–water partition coefficient (Wildman–Crippen LogP) is 0.740. The maximum absolute atomic E-state index is 12.0. The Labute approximate surface area is 57.7 Å². The molecule has 0 bridgehead atoms. The van der Waals surface area contributed by atoms with Crippen molar-refractivity contribution in [2.45, 2.75) is 5.03 Å². The van der Waals surface area contributed by atoms with E-state index in [4.69, 9.17) is 0 Å². The van der Waals surface area contributed by atoms with Crippen LogP contribution >= 0.6 is 0 Å². The first kappa shape index (κ1) is 7.14. The van der Waals surface area contributed by atoms with Gasteiger partial charge in [-0.25, -0.2) is 4.98 Å². The van der Waals surface area contributed by atoms with Gasteiger partial charge in [0.2, 0.25) is 0 Å². The maximum atomic E-state index is 12.0. The molecule has 1 heterocycles. The molecule has 3 nitrogen and oxygen atoms in total. The average Bonchev–Trinajstić information content (AvgIpc) is 1.88. The van der Waals surface area contributed by atoms with E-state index >= 15 is 0 Å². The third-order valence-corrected chi connectivity index (χ3v) is 1.63. The molecule has 1 rings (SSSR count). The van der Waals surface area contributed by atoms with Gasteiger partial charge in [0.25, 0.3) is 0 Å². The van der Waals surface area contributed by atoms with Crippen molar-refractivity contribution in [3.8, 4) is 0 Å². The normalized spacial score (nSPS) is 11.3. The van der Waals surface area contributed by atoms with E-state index in [0.717, 1.165) is 6.07 Å². The van der Waals surface area contributed by atoms with E-state index in [-0.39, 0.29) is 0 Å². The minimum atomic E-state index is -4.61. The second-order valence-corrected chi connectivity index (χ2v) is 2.90. The van der Waals surface area contributed by atoms with Crippen LogP contribution in [0.2, 0.25) is 0 Å². The zero-order valence-corrected chi connectivity index (χ0v) is 5.68. The van der Waals surface area contributed by atoms with Crippen molar-refractivity contribution in [3.63, 3.8) is 0 Å². The van der Waals surface area contributed by atoms with Crippen LogP contribution in [0, 0.1) is 0 Å². The Balaban J connectivity index is 3.22. The van der Waals surface area contributed by atoms with Crippen molar-refractivity contribution >= 4 is 10.2 Å². The Morgan fingerprint density at radius 1 is 1.40 bits per heavy atom. The van der Waals surface area contributed by atoms with Crippen LogP contribution in [0.25, 0.3) is 0 Å².